The van der Waals surface area contributed by atoms with Gasteiger partial charge in [-0.1, -0.05) is 57.2 Å². The van der Waals surface area contributed by atoms with Gasteiger partial charge in [-0.05, 0) is 66.3 Å². The minimum absolute atomic E-state index is 0.000112. The summed E-state index contributed by atoms with van der Waals surface area (Å²) in [7, 11) is -4.39. The van der Waals surface area contributed by atoms with E-state index in [0.717, 1.165) is 21.7 Å². The maximum atomic E-state index is 15.8. The van der Waals surface area contributed by atoms with Crippen molar-refractivity contribution in [3.63, 3.8) is 0 Å². The number of anilines is 1. The highest BCUT2D eigenvalue weighted by molar-refractivity contribution is 7.92. The molecule has 3 fully saturated rings. The van der Waals surface area contributed by atoms with Crippen LogP contribution < -0.4 is 25.0 Å². The highest BCUT2D eigenvalue weighted by atomic mass is 32.2. The van der Waals surface area contributed by atoms with E-state index in [1.807, 2.05) is 58.9 Å². The molecular weight excluding hydrogens is 932 g/mol. The zero-order valence-corrected chi connectivity index (χ0v) is 40.4. The van der Waals surface area contributed by atoms with E-state index < -0.39 is 81.2 Å². The predicted molar refractivity (Wildman–Crippen MR) is 255 cm³/mol. The molecule has 0 radical (unpaired) electrons. The molecule has 3 saturated heterocycles. The molecule has 5 aromatic rings. The van der Waals surface area contributed by atoms with Gasteiger partial charge in [-0.15, -0.1) is 11.3 Å². The molecule has 2 aromatic heterocycles. The quantitative estimate of drug-likeness (QED) is 0.0997. The predicted octanol–water partition coefficient (Wildman–Crippen LogP) is 3.11. The number of carbonyl (C=O) groups excluding carboxylic acids is 5. The van der Waals surface area contributed by atoms with Crippen LogP contribution in [0.25, 0.3) is 32.3 Å². The number of hydrogen-bond donors (Lipinski definition) is 6. The first-order valence-corrected chi connectivity index (χ1v) is 24.9. The van der Waals surface area contributed by atoms with Crippen molar-refractivity contribution in [2.24, 2.45) is 5.41 Å². The van der Waals surface area contributed by atoms with Gasteiger partial charge >= 0.3 is 10.2 Å². The Morgan fingerprint density at radius 3 is 2.38 bits per heavy atom. The Morgan fingerprint density at radius 2 is 1.72 bits per heavy atom. The molecule has 4 atom stereocenters. The van der Waals surface area contributed by atoms with E-state index in [2.05, 4.69) is 26.0 Å². The molecule has 0 spiro atoms. The third kappa shape index (κ3) is 10.6. The molecule has 0 unspecified atom stereocenters. The number of thiazole rings is 1. The minimum Gasteiger partial charge on any atom is -0.506 e. The second-order valence-electron chi connectivity index (χ2n) is 18.9. The van der Waals surface area contributed by atoms with Gasteiger partial charge in [0.1, 0.15) is 36.6 Å². The molecule has 366 valence electrons. The number of β-amino-alcohol motifs (C(OH)–C–C–N with tert-alkyl or cyclic N) is 1. The molecule has 0 bridgehead atoms. The molecule has 19 nitrogen and oxygen atoms in total. The second-order valence-corrected chi connectivity index (χ2v) is 21.3. The van der Waals surface area contributed by atoms with E-state index in [1.165, 1.54) is 27.9 Å². The number of aliphatic hydroxyl groups excluding tert-OH is 1. The molecule has 3 aliphatic rings. The number of halogens is 1. The van der Waals surface area contributed by atoms with Crippen LogP contribution in [-0.2, 0) is 40.7 Å². The number of phenols is 1. The van der Waals surface area contributed by atoms with E-state index in [-0.39, 0.29) is 49.4 Å². The number of likely N-dealkylation sites (tertiary alicyclic amines) is 2. The van der Waals surface area contributed by atoms with Crippen molar-refractivity contribution >= 4 is 67.5 Å². The summed E-state index contributed by atoms with van der Waals surface area (Å²) in [5, 5.41) is 35.0. The number of carbonyl (C=O) groups is 5. The molecule has 0 aliphatic carbocycles. The molecule has 22 heteroatoms. The van der Waals surface area contributed by atoms with Crippen LogP contribution in [0.1, 0.15) is 64.3 Å². The van der Waals surface area contributed by atoms with Crippen molar-refractivity contribution in [1.82, 2.24) is 45.2 Å². The number of nitrogens with zero attached hydrogens (tertiary/aromatic N) is 6. The van der Waals surface area contributed by atoms with Crippen molar-refractivity contribution in [3.8, 4) is 27.3 Å². The molecule has 69 heavy (non-hydrogen) atoms. The molecule has 6 N–H and O–H groups in total. The number of amides is 5. The van der Waals surface area contributed by atoms with Gasteiger partial charge in [0.25, 0.3) is 5.91 Å². The maximum Gasteiger partial charge on any atom is 0.326 e. The van der Waals surface area contributed by atoms with Crippen LogP contribution in [-0.4, -0.2) is 130 Å². The van der Waals surface area contributed by atoms with Gasteiger partial charge in [0.15, 0.2) is 5.82 Å². The summed E-state index contributed by atoms with van der Waals surface area (Å²) in [4.78, 5) is 74.9. The van der Waals surface area contributed by atoms with Crippen LogP contribution in [0.2, 0.25) is 0 Å². The van der Waals surface area contributed by atoms with Gasteiger partial charge in [0.05, 0.1) is 41.0 Å². The number of aliphatic hydroxyl groups is 1. The third-order valence-electron chi connectivity index (χ3n) is 12.8. The summed E-state index contributed by atoms with van der Waals surface area (Å²) < 4.78 is 44.4. The lowest BCUT2D eigenvalue weighted by Gasteiger charge is -2.36. The second kappa shape index (κ2) is 19.5. The van der Waals surface area contributed by atoms with E-state index in [9.17, 15) is 42.6 Å². The lowest BCUT2D eigenvalue weighted by atomic mass is 9.85. The molecule has 3 aliphatic heterocycles. The Bertz CT molecular complexity index is 2910. The van der Waals surface area contributed by atoms with Gasteiger partial charge in [0.2, 0.25) is 23.6 Å². The minimum atomic E-state index is -4.39. The largest absolute Gasteiger partial charge is 0.506 e. The number of fused-ring (bicyclic) bond motifs is 1. The summed E-state index contributed by atoms with van der Waals surface area (Å²) in [6, 6.07) is 11.4. The molecule has 3 aromatic carbocycles. The number of rotatable bonds is 13. The van der Waals surface area contributed by atoms with Crippen molar-refractivity contribution in [3.05, 3.63) is 83.5 Å². The van der Waals surface area contributed by atoms with Crippen molar-refractivity contribution in [2.45, 2.75) is 90.7 Å². The Hall–Kier alpha value is -6.49. The zero-order valence-electron chi connectivity index (χ0n) is 38.7. The fraction of sp³-hybridized carbons (Fsp3) is 0.426. The number of nitrogens with one attached hydrogen (secondary N) is 4. The van der Waals surface area contributed by atoms with Crippen LogP contribution in [0.15, 0.2) is 66.4 Å². The topological polar surface area (TPSA) is 248 Å². The number of aryl methyl sites for hydroxylation is 1. The van der Waals surface area contributed by atoms with E-state index >= 15 is 4.39 Å². The van der Waals surface area contributed by atoms with Gasteiger partial charge in [-0.25, -0.2) is 18.4 Å². The Morgan fingerprint density at radius 1 is 1.01 bits per heavy atom. The number of benzene rings is 3. The summed E-state index contributed by atoms with van der Waals surface area (Å²) >= 11 is 1.56. The lowest BCUT2D eigenvalue weighted by Crippen LogP contribution is -2.59. The fourth-order valence-electron chi connectivity index (χ4n) is 9.03. The van der Waals surface area contributed by atoms with Crippen molar-refractivity contribution in [2.75, 3.05) is 37.0 Å². The normalized spacial score (nSPS) is 19.4. The number of hydrogen-bond acceptors (Lipinski definition) is 13. The molecule has 0 saturated carbocycles. The van der Waals surface area contributed by atoms with Gasteiger partial charge < -0.3 is 36.0 Å². The van der Waals surface area contributed by atoms with Crippen LogP contribution >= 0.6 is 11.3 Å². The summed E-state index contributed by atoms with van der Waals surface area (Å²) in [6.07, 6.45) is 3.41. The highest BCUT2D eigenvalue weighted by Gasteiger charge is 2.45. The number of piperidine rings is 1. The fourth-order valence-corrected chi connectivity index (χ4v) is 11.0. The van der Waals surface area contributed by atoms with Crippen molar-refractivity contribution in [1.29, 1.82) is 0 Å². The van der Waals surface area contributed by atoms with Crippen LogP contribution in [0.3, 0.4) is 0 Å². The van der Waals surface area contributed by atoms with Gasteiger partial charge in [0, 0.05) is 49.2 Å². The molecule has 8 rings (SSSR count). The van der Waals surface area contributed by atoms with E-state index in [1.54, 1.807) is 44.8 Å². The Balaban J connectivity index is 0.818. The first kappa shape index (κ1) is 48.9. The summed E-state index contributed by atoms with van der Waals surface area (Å²) in [6.45, 7) is 9.22. The number of phenolic OH excluding ortho intramolecular Hbond substituents is 1. The Kier molecular flexibility index (Phi) is 13.8. The number of aromatic hydroxyl groups is 1. The van der Waals surface area contributed by atoms with Crippen LogP contribution in [0, 0.1) is 18.2 Å². The third-order valence-corrected chi connectivity index (χ3v) is 15.2. The Labute approximate surface area is 402 Å². The smallest absolute Gasteiger partial charge is 0.326 e. The molecule has 5 amide bonds. The van der Waals surface area contributed by atoms with E-state index in [0.29, 0.717) is 46.7 Å². The first-order chi connectivity index (χ1) is 32.7. The summed E-state index contributed by atoms with van der Waals surface area (Å²) in [5.41, 5.74) is 4.33. The van der Waals surface area contributed by atoms with E-state index in [4.69, 9.17) is 0 Å². The average molecular weight is 987 g/mol. The maximum absolute atomic E-state index is 15.8. The lowest BCUT2D eigenvalue weighted by molar-refractivity contribution is -0.144. The monoisotopic (exact) mass is 986 g/mol. The number of aromatic nitrogens is 3. The van der Waals surface area contributed by atoms with Crippen LogP contribution in [0.4, 0.5) is 10.1 Å². The SMILES string of the molecule is Cc1ncsc1-c1ccc([C@H](C)NC(=O)[C@@H]2C[C@@H](O)CN2C(=O)[C@@H](NC(=O)CNC2CCN(C(=O)Cn3cc(-c4ccc5cc(O)c(N6CC(=O)NS6(=O)=O)c(F)c5c4)cn3)CC2)C(C)(C)C)cc1. The molecular formula is C47H55FN10O9S2. The molecule has 5 heterocycles. The van der Waals surface area contributed by atoms with Gasteiger partial charge in [-0.2, -0.15) is 13.5 Å². The highest BCUT2D eigenvalue weighted by Crippen LogP contribution is 2.40. The van der Waals surface area contributed by atoms with Crippen molar-refractivity contribution < 1.29 is 47.0 Å². The van der Waals surface area contributed by atoms with Crippen LogP contribution in [0.5, 0.6) is 5.75 Å². The first-order valence-electron chi connectivity index (χ1n) is 22.6. The van der Waals surface area contributed by atoms with Gasteiger partial charge in [-0.3, -0.25) is 28.7 Å². The standard InChI is InChI=1S/C47H55FN10O9S2/c1-26(28-6-8-29(9-7-28)43-27(2)50-25-68-43)52-45(64)36-18-34(59)22-57(36)46(65)44(47(3,4)5)53-38(61)20-49-33-12-14-55(15-13-33)40(63)24-56-21-32(19-51-56)30-10-11-31-17-37(60)42(41(48)35(31)16-30)58-23-39(62)54-69(58,66)67/h6-11,16-17,19,21,25-26,33-34,36,44,49,59-60H,12-15,18,20,22-24H2,1-5H3,(H,52,64)(H,53,61)(H,54,62)/t26-,34+,36-,44+/m0/s1. The average Bonchev–Trinajstić information content (AvgIpc) is 4.10. The zero-order chi connectivity index (χ0) is 49.5. The summed E-state index contributed by atoms with van der Waals surface area (Å²) in [5.74, 6) is -3.99.